The molecule has 2 aliphatic rings. The van der Waals surface area contributed by atoms with Crippen molar-refractivity contribution in [1.29, 1.82) is 0 Å². The molecule has 3 nitrogen and oxygen atoms in total. The van der Waals surface area contributed by atoms with E-state index in [-0.39, 0.29) is 16.8 Å². The topological polar surface area (TPSA) is 46.2 Å². The minimum absolute atomic E-state index is 0.144. The van der Waals surface area contributed by atoms with Gasteiger partial charge in [0.1, 0.15) is 0 Å². The van der Waals surface area contributed by atoms with E-state index in [1.54, 1.807) is 0 Å². The molecule has 0 radical (unpaired) electrons. The first-order valence-electron chi connectivity index (χ1n) is 8.40. The van der Waals surface area contributed by atoms with Gasteiger partial charge in [-0.1, -0.05) is 51.4 Å². The van der Waals surface area contributed by atoms with Gasteiger partial charge in [0.25, 0.3) is 0 Å². The molecule has 0 aromatic heterocycles. The van der Waals surface area contributed by atoms with Gasteiger partial charge in [-0.3, -0.25) is 0 Å². The monoisotopic (exact) mass is 301 g/mol. The third kappa shape index (κ3) is 4.45. The summed E-state index contributed by atoms with van der Waals surface area (Å²) in [6.07, 6.45) is 11.8. The second kappa shape index (κ2) is 6.78. The number of fused-ring (bicyclic) bond motifs is 1. The molecule has 2 rings (SSSR count). The molecule has 118 valence electrons. The summed E-state index contributed by atoms with van der Waals surface area (Å²) in [5.41, 5.74) is -0.267. The van der Waals surface area contributed by atoms with Gasteiger partial charge in [0.15, 0.2) is 9.84 Å². The van der Waals surface area contributed by atoms with Crippen molar-refractivity contribution in [2.24, 2.45) is 0 Å². The van der Waals surface area contributed by atoms with Crippen LogP contribution in [-0.4, -0.2) is 31.0 Å². The lowest BCUT2D eigenvalue weighted by Crippen LogP contribution is -2.62. The molecule has 2 unspecified atom stereocenters. The van der Waals surface area contributed by atoms with Crippen LogP contribution in [0.5, 0.6) is 0 Å². The van der Waals surface area contributed by atoms with Crippen LogP contribution in [0, 0.1) is 0 Å². The zero-order valence-corrected chi connectivity index (χ0v) is 14.0. The molecule has 2 atom stereocenters. The lowest BCUT2D eigenvalue weighted by Gasteiger charge is -2.42. The van der Waals surface area contributed by atoms with Gasteiger partial charge in [-0.2, -0.15) is 0 Å². The van der Waals surface area contributed by atoms with Crippen LogP contribution >= 0.6 is 0 Å². The molecule has 1 aliphatic carbocycles. The summed E-state index contributed by atoms with van der Waals surface area (Å²) < 4.78 is 25.2. The quantitative estimate of drug-likeness (QED) is 0.745. The second-order valence-electron chi connectivity index (χ2n) is 7.39. The average molecular weight is 301 g/mol. The highest BCUT2D eigenvalue weighted by molar-refractivity contribution is 7.92. The van der Waals surface area contributed by atoms with Crippen molar-refractivity contribution in [2.75, 3.05) is 5.75 Å². The standard InChI is InChI=1S/C16H31NO2S/c1-16(2)13-20(18,19)15-12-10-8-6-4-3-5-7-9-11-14(15)17-16/h14-15,17H,3-13H2,1-2H3. The Bertz CT molecular complexity index is 403. The molecule has 1 aliphatic heterocycles. The molecule has 0 spiro atoms. The van der Waals surface area contributed by atoms with Crippen LogP contribution < -0.4 is 5.32 Å². The number of nitrogens with one attached hydrogen (secondary N) is 1. The van der Waals surface area contributed by atoms with Crippen LogP contribution in [0.2, 0.25) is 0 Å². The predicted octanol–water partition coefficient (Wildman–Crippen LogP) is 3.43. The smallest absolute Gasteiger partial charge is 0.156 e. The molecular weight excluding hydrogens is 270 g/mol. The second-order valence-corrected chi connectivity index (χ2v) is 9.61. The summed E-state index contributed by atoms with van der Waals surface area (Å²) >= 11 is 0. The third-order valence-corrected chi connectivity index (χ3v) is 7.41. The fourth-order valence-corrected chi connectivity index (χ4v) is 6.44. The fraction of sp³-hybridized carbons (Fsp3) is 1.00. The van der Waals surface area contributed by atoms with Crippen LogP contribution in [0.1, 0.15) is 78.1 Å². The van der Waals surface area contributed by atoms with Crippen molar-refractivity contribution < 1.29 is 8.42 Å². The van der Waals surface area contributed by atoms with Gasteiger partial charge < -0.3 is 5.32 Å². The van der Waals surface area contributed by atoms with Crippen LogP contribution in [0.4, 0.5) is 0 Å². The van der Waals surface area contributed by atoms with Crippen molar-refractivity contribution in [2.45, 2.75) is 94.9 Å². The van der Waals surface area contributed by atoms with E-state index in [2.05, 4.69) is 5.32 Å². The molecule has 0 amide bonds. The summed E-state index contributed by atoms with van der Waals surface area (Å²) in [6, 6.07) is 0.170. The van der Waals surface area contributed by atoms with Crippen LogP contribution in [0.3, 0.4) is 0 Å². The zero-order chi connectivity index (χ0) is 14.6. The first-order chi connectivity index (χ1) is 9.41. The Morgan fingerprint density at radius 1 is 0.850 bits per heavy atom. The number of hydrogen-bond acceptors (Lipinski definition) is 3. The zero-order valence-electron chi connectivity index (χ0n) is 13.2. The van der Waals surface area contributed by atoms with Gasteiger partial charge in [-0.25, -0.2) is 8.42 Å². The minimum atomic E-state index is -2.94. The molecule has 1 saturated heterocycles. The highest BCUT2D eigenvalue weighted by Crippen LogP contribution is 2.29. The first-order valence-corrected chi connectivity index (χ1v) is 10.1. The molecular formula is C16H31NO2S. The first kappa shape index (κ1) is 16.3. The van der Waals surface area contributed by atoms with Crippen LogP contribution in [0.15, 0.2) is 0 Å². The Kier molecular flexibility index (Phi) is 5.52. The number of hydrogen-bond donors (Lipinski definition) is 1. The largest absolute Gasteiger partial charge is 0.307 e. The number of sulfone groups is 1. The Balaban J connectivity index is 2.09. The maximum Gasteiger partial charge on any atom is 0.156 e. The highest BCUT2D eigenvalue weighted by atomic mass is 32.2. The summed E-state index contributed by atoms with van der Waals surface area (Å²) in [5, 5.41) is 3.48. The van der Waals surface area contributed by atoms with E-state index < -0.39 is 9.84 Å². The molecule has 0 aromatic rings. The maximum absolute atomic E-state index is 12.6. The lowest BCUT2D eigenvalue weighted by molar-refractivity contribution is 0.296. The van der Waals surface area contributed by atoms with Gasteiger partial charge in [-0.15, -0.1) is 0 Å². The van der Waals surface area contributed by atoms with E-state index in [0.29, 0.717) is 5.75 Å². The maximum atomic E-state index is 12.6. The van der Waals surface area contributed by atoms with Crippen molar-refractivity contribution in [1.82, 2.24) is 5.32 Å². The van der Waals surface area contributed by atoms with E-state index in [0.717, 1.165) is 19.3 Å². The van der Waals surface area contributed by atoms with Crippen molar-refractivity contribution in [3.05, 3.63) is 0 Å². The molecule has 1 heterocycles. The van der Waals surface area contributed by atoms with Crippen molar-refractivity contribution in [3.8, 4) is 0 Å². The summed E-state index contributed by atoms with van der Waals surface area (Å²) in [6.45, 7) is 4.05. The normalized spacial score (nSPS) is 35.3. The molecule has 0 bridgehead atoms. The molecule has 0 aromatic carbocycles. The van der Waals surface area contributed by atoms with Crippen molar-refractivity contribution >= 4 is 9.84 Å². The van der Waals surface area contributed by atoms with Gasteiger partial charge >= 0.3 is 0 Å². The van der Waals surface area contributed by atoms with Crippen LogP contribution in [0.25, 0.3) is 0 Å². The van der Waals surface area contributed by atoms with Gasteiger partial charge in [0, 0.05) is 11.6 Å². The Morgan fingerprint density at radius 2 is 1.35 bits per heavy atom. The predicted molar refractivity (Wildman–Crippen MR) is 84.7 cm³/mol. The molecule has 1 N–H and O–H groups in total. The molecule has 4 heteroatoms. The number of rotatable bonds is 0. The van der Waals surface area contributed by atoms with Gasteiger partial charge in [0.2, 0.25) is 0 Å². The fourth-order valence-electron chi connectivity index (χ4n) is 3.91. The molecule has 2 fully saturated rings. The van der Waals surface area contributed by atoms with E-state index in [1.807, 2.05) is 13.8 Å². The van der Waals surface area contributed by atoms with Crippen LogP contribution in [-0.2, 0) is 9.84 Å². The summed E-state index contributed by atoms with van der Waals surface area (Å²) in [4.78, 5) is 0. The van der Waals surface area contributed by atoms with Gasteiger partial charge in [-0.05, 0) is 26.7 Å². The van der Waals surface area contributed by atoms with E-state index >= 15 is 0 Å². The van der Waals surface area contributed by atoms with Gasteiger partial charge in [0.05, 0.1) is 11.0 Å². The Labute approximate surface area is 124 Å². The summed E-state index contributed by atoms with van der Waals surface area (Å²) in [5.74, 6) is 0.293. The SMILES string of the molecule is CC1(C)CS(=O)(=O)C2CCCCCCCCCCC2N1. The lowest BCUT2D eigenvalue weighted by atomic mass is 9.95. The van der Waals surface area contributed by atoms with E-state index in [9.17, 15) is 8.42 Å². The van der Waals surface area contributed by atoms with E-state index in [4.69, 9.17) is 0 Å². The minimum Gasteiger partial charge on any atom is -0.307 e. The Morgan fingerprint density at radius 3 is 1.95 bits per heavy atom. The van der Waals surface area contributed by atoms with E-state index in [1.165, 1.54) is 44.9 Å². The van der Waals surface area contributed by atoms with Crippen molar-refractivity contribution in [3.63, 3.8) is 0 Å². The highest BCUT2D eigenvalue weighted by Gasteiger charge is 2.43. The third-order valence-electron chi connectivity index (χ3n) is 4.80. The average Bonchev–Trinajstić information content (AvgIpc) is 2.29. The summed E-state index contributed by atoms with van der Waals surface area (Å²) in [7, 11) is -2.94. The Hall–Kier alpha value is -0.0900. The molecule has 20 heavy (non-hydrogen) atoms. The molecule has 1 saturated carbocycles.